The van der Waals surface area contributed by atoms with Gasteiger partial charge in [0.05, 0.1) is 11.4 Å². The van der Waals surface area contributed by atoms with Gasteiger partial charge in [-0.3, -0.25) is 4.79 Å². The van der Waals surface area contributed by atoms with E-state index >= 15 is 0 Å². The first-order valence-corrected chi connectivity index (χ1v) is 5.89. The predicted molar refractivity (Wildman–Crippen MR) is 70.4 cm³/mol. The van der Waals surface area contributed by atoms with E-state index in [0.717, 1.165) is 16.9 Å². The Bertz CT molecular complexity index is 456. The summed E-state index contributed by atoms with van der Waals surface area (Å²) in [5, 5.41) is 2.97. The summed E-state index contributed by atoms with van der Waals surface area (Å²) in [6, 6.07) is 3.98. The summed E-state index contributed by atoms with van der Waals surface area (Å²) in [7, 11) is 1.96. The van der Waals surface area contributed by atoms with E-state index in [4.69, 9.17) is 5.73 Å². The van der Waals surface area contributed by atoms with Gasteiger partial charge < -0.3 is 16.0 Å². The molecule has 0 radical (unpaired) electrons. The molecular weight excluding hydrogens is 214 g/mol. The summed E-state index contributed by atoms with van der Waals surface area (Å²) in [5.41, 5.74) is 9.91. The summed E-state index contributed by atoms with van der Waals surface area (Å²) < 4.78 is 0. The van der Waals surface area contributed by atoms with E-state index in [1.165, 1.54) is 5.56 Å². The SMILES string of the molecule is Cc1cc(C)c2c(c1)NC(=O)C(CCN)N2C. The number of nitrogens with one attached hydrogen (secondary N) is 1. The molecule has 1 aromatic carbocycles. The Labute approximate surface area is 102 Å². The molecular formula is C13H19N3O. The molecule has 0 saturated heterocycles. The molecule has 17 heavy (non-hydrogen) atoms. The van der Waals surface area contributed by atoms with Crippen molar-refractivity contribution in [2.75, 3.05) is 23.8 Å². The zero-order chi connectivity index (χ0) is 12.6. The number of nitrogens with zero attached hydrogens (tertiary/aromatic N) is 1. The monoisotopic (exact) mass is 233 g/mol. The van der Waals surface area contributed by atoms with Gasteiger partial charge in [0, 0.05) is 7.05 Å². The third-order valence-corrected chi connectivity index (χ3v) is 3.27. The molecule has 2 rings (SSSR count). The van der Waals surface area contributed by atoms with Gasteiger partial charge in [-0.1, -0.05) is 6.07 Å². The van der Waals surface area contributed by atoms with Gasteiger partial charge in [-0.25, -0.2) is 0 Å². The number of anilines is 2. The topological polar surface area (TPSA) is 58.4 Å². The number of amides is 1. The summed E-state index contributed by atoms with van der Waals surface area (Å²) in [6.07, 6.45) is 0.676. The quantitative estimate of drug-likeness (QED) is 0.812. The highest BCUT2D eigenvalue weighted by Crippen LogP contribution is 2.35. The van der Waals surface area contributed by atoms with Gasteiger partial charge in [0.2, 0.25) is 5.91 Å². The van der Waals surface area contributed by atoms with Gasteiger partial charge in [-0.05, 0) is 44.0 Å². The molecule has 1 heterocycles. The maximum Gasteiger partial charge on any atom is 0.247 e. The number of likely N-dealkylation sites (N-methyl/N-ethyl adjacent to an activating group) is 1. The van der Waals surface area contributed by atoms with Gasteiger partial charge in [-0.15, -0.1) is 0 Å². The van der Waals surface area contributed by atoms with Crippen molar-refractivity contribution >= 4 is 17.3 Å². The maximum atomic E-state index is 12.0. The zero-order valence-corrected chi connectivity index (χ0v) is 10.6. The van der Waals surface area contributed by atoms with Crippen LogP contribution in [-0.4, -0.2) is 25.5 Å². The fourth-order valence-corrected chi connectivity index (χ4v) is 2.55. The third kappa shape index (κ3) is 2.00. The first kappa shape index (κ1) is 11.9. The van der Waals surface area contributed by atoms with Gasteiger partial charge in [-0.2, -0.15) is 0 Å². The number of hydrogen-bond donors (Lipinski definition) is 2. The number of carbonyl (C=O) groups excluding carboxylic acids is 1. The highest BCUT2D eigenvalue weighted by molar-refractivity contribution is 6.04. The average molecular weight is 233 g/mol. The van der Waals surface area contributed by atoms with E-state index in [1.54, 1.807) is 0 Å². The number of nitrogens with two attached hydrogens (primary N) is 1. The minimum Gasteiger partial charge on any atom is -0.361 e. The van der Waals surface area contributed by atoms with Crippen molar-refractivity contribution in [3.05, 3.63) is 23.3 Å². The molecule has 0 fully saturated rings. The molecule has 1 unspecified atom stereocenters. The van der Waals surface area contributed by atoms with Gasteiger partial charge in [0.1, 0.15) is 6.04 Å². The van der Waals surface area contributed by atoms with Crippen LogP contribution in [0.4, 0.5) is 11.4 Å². The van der Waals surface area contributed by atoms with E-state index in [9.17, 15) is 4.79 Å². The molecule has 1 atom stereocenters. The van der Waals surface area contributed by atoms with Crippen LogP contribution in [-0.2, 0) is 4.79 Å². The highest BCUT2D eigenvalue weighted by Gasteiger charge is 2.30. The first-order valence-electron chi connectivity index (χ1n) is 5.89. The van der Waals surface area contributed by atoms with Gasteiger partial charge >= 0.3 is 0 Å². The molecule has 1 aliphatic heterocycles. The lowest BCUT2D eigenvalue weighted by Crippen LogP contribution is -2.47. The summed E-state index contributed by atoms with van der Waals surface area (Å²) in [4.78, 5) is 14.0. The fourth-order valence-electron chi connectivity index (χ4n) is 2.55. The first-order chi connectivity index (χ1) is 8.04. The van der Waals surface area contributed by atoms with Crippen LogP contribution < -0.4 is 16.0 Å². The van der Waals surface area contributed by atoms with Crippen LogP contribution in [0, 0.1) is 13.8 Å². The van der Waals surface area contributed by atoms with Gasteiger partial charge in [0.25, 0.3) is 0 Å². The smallest absolute Gasteiger partial charge is 0.247 e. The van der Waals surface area contributed by atoms with Crippen LogP contribution in [0.1, 0.15) is 17.5 Å². The summed E-state index contributed by atoms with van der Waals surface area (Å²) in [5.74, 6) is 0.0375. The number of carbonyl (C=O) groups is 1. The van der Waals surface area contributed by atoms with E-state index in [1.807, 2.05) is 24.9 Å². The fraction of sp³-hybridized carbons (Fsp3) is 0.462. The third-order valence-electron chi connectivity index (χ3n) is 3.27. The van der Waals surface area contributed by atoms with Crippen molar-refractivity contribution in [3.8, 4) is 0 Å². The Morgan fingerprint density at radius 2 is 2.12 bits per heavy atom. The summed E-state index contributed by atoms with van der Waals surface area (Å²) in [6.45, 7) is 4.62. The number of benzene rings is 1. The van der Waals surface area contributed by atoms with E-state index in [2.05, 4.69) is 18.3 Å². The lowest BCUT2D eigenvalue weighted by Gasteiger charge is -2.36. The van der Waals surface area contributed by atoms with Crippen molar-refractivity contribution in [1.82, 2.24) is 0 Å². The molecule has 0 saturated carbocycles. The Morgan fingerprint density at radius 1 is 1.41 bits per heavy atom. The van der Waals surface area contributed by atoms with E-state index in [-0.39, 0.29) is 11.9 Å². The Hall–Kier alpha value is -1.55. The van der Waals surface area contributed by atoms with Gasteiger partial charge in [0.15, 0.2) is 0 Å². The van der Waals surface area contributed by atoms with Crippen LogP contribution in [0.5, 0.6) is 0 Å². The largest absolute Gasteiger partial charge is 0.361 e. The van der Waals surface area contributed by atoms with E-state index in [0.29, 0.717) is 13.0 Å². The Morgan fingerprint density at radius 3 is 2.76 bits per heavy atom. The van der Waals surface area contributed by atoms with Crippen molar-refractivity contribution in [2.24, 2.45) is 5.73 Å². The molecule has 0 bridgehead atoms. The Kier molecular flexibility index (Phi) is 3.07. The molecule has 1 aromatic rings. The molecule has 0 spiro atoms. The number of fused-ring (bicyclic) bond motifs is 1. The molecule has 1 aliphatic rings. The van der Waals surface area contributed by atoms with E-state index < -0.39 is 0 Å². The second-order valence-electron chi connectivity index (χ2n) is 4.67. The lowest BCUT2D eigenvalue weighted by atomic mass is 10.0. The van der Waals surface area contributed by atoms with Crippen molar-refractivity contribution in [2.45, 2.75) is 26.3 Å². The second-order valence-corrected chi connectivity index (χ2v) is 4.67. The van der Waals surface area contributed by atoms with Crippen molar-refractivity contribution < 1.29 is 4.79 Å². The lowest BCUT2D eigenvalue weighted by molar-refractivity contribution is -0.117. The maximum absolute atomic E-state index is 12.0. The van der Waals surface area contributed by atoms with Crippen LogP contribution in [0.3, 0.4) is 0 Å². The molecule has 92 valence electrons. The normalized spacial score (nSPS) is 18.9. The minimum atomic E-state index is -0.158. The molecule has 4 nitrogen and oxygen atoms in total. The molecule has 3 N–H and O–H groups in total. The molecule has 4 heteroatoms. The predicted octanol–water partition coefficient (Wildman–Crippen LogP) is 1.41. The van der Waals surface area contributed by atoms with Crippen LogP contribution >= 0.6 is 0 Å². The Balaban J connectivity index is 2.46. The average Bonchev–Trinajstić information content (AvgIpc) is 2.22. The molecule has 0 aromatic heterocycles. The van der Waals surface area contributed by atoms with Crippen molar-refractivity contribution in [3.63, 3.8) is 0 Å². The minimum absolute atomic E-state index is 0.0375. The van der Waals surface area contributed by atoms with Crippen LogP contribution in [0.2, 0.25) is 0 Å². The number of aryl methyl sites for hydroxylation is 2. The summed E-state index contributed by atoms with van der Waals surface area (Å²) >= 11 is 0. The molecule has 0 aliphatic carbocycles. The standard InChI is InChI=1S/C13H19N3O/c1-8-6-9(2)12-10(7-8)15-13(17)11(4-5-14)16(12)3/h6-7,11H,4-5,14H2,1-3H3,(H,15,17). The highest BCUT2D eigenvalue weighted by atomic mass is 16.2. The number of hydrogen-bond acceptors (Lipinski definition) is 3. The molecule has 1 amide bonds. The number of rotatable bonds is 2. The van der Waals surface area contributed by atoms with Crippen LogP contribution in [0.25, 0.3) is 0 Å². The van der Waals surface area contributed by atoms with Crippen LogP contribution in [0.15, 0.2) is 12.1 Å². The zero-order valence-electron chi connectivity index (χ0n) is 10.6. The van der Waals surface area contributed by atoms with Crippen molar-refractivity contribution in [1.29, 1.82) is 0 Å². The second kappa shape index (κ2) is 4.37.